The van der Waals surface area contributed by atoms with Crippen molar-refractivity contribution in [2.45, 2.75) is 20.0 Å². The molecule has 0 heterocycles. The van der Waals surface area contributed by atoms with Crippen LogP contribution in [0, 0.1) is 0 Å². The summed E-state index contributed by atoms with van der Waals surface area (Å²) in [5, 5.41) is 5.99. The second-order valence-corrected chi connectivity index (χ2v) is 6.50. The minimum Gasteiger partial charge on any atom is -0.491 e. The number of hydrogen-bond acceptors (Lipinski definition) is 4. The molecule has 0 atom stereocenters. The standard InChI is InChI=1S/C23H24N2O3/c1-17(2)27-20-14-12-18(13-15-20)24-16-23(26)25-21-10-6-7-11-22(21)28-19-8-4-3-5-9-19/h3-15,17,24H,16H2,1-2H3,(H,25,26). The molecule has 0 radical (unpaired) electrons. The number of ether oxygens (including phenoxy) is 2. The molecule has 144 valence electrons. The van der Waals surface area contributed by atoms with Crippen LogP contribution in [-0.2, 0) is 4.79 Å². The van der Waals surface area contributed by atoms with Gasteiger partial charge in [-0.2, -0.15) is 0 Å². The zero-order chi connectivity index (χ0) is 19.8. The van der Waals surface area contributed by atoms with E-state index in [2.05, 4.69) is 10.6 Å². The molecule has 5 heteroatoms. The summed E-state index contributed by atoms with van der Waals surface area (Å²) < 4.78 is 11.5. The SMILES string of the molecule is CC(C)Oc1ccc(NCC(=O)Nc2ccccc2Oc2ccccc2)cc1. The summed E-state index contributed by atoms with van der Waals surface area (Å²) in [6.45, 7) is 4.11. The third kappa shape index (κ3) is 5.77. The number of hydrogen-bond donors (Lipinski definition) is 2. The smallest absolute Gasteiger partial charge is 0.243 e. The van der Waals surface area contributed by atoms with Gasteiger partial charge in [-0.15, -0.1) is 0 Å². The van der Waals surface area contributed by atoms with Crippen LogP contribution in [0.5, 0.6) is 17.2 Å². The lowest BCUT2D eigenvalue weighted by Crippen LogP contribution is -2.22. The number of anilines is 2. The minimum absolute atomic E-state index is 0.128. The Morgan fingerprint density at radius 1 is 0.857 bits per heavy atom. The molecule has 0 aliphatic heterocycles. The molecular weight excluding hydrogens is 352 g/mol. The molecule has 0 unspecified atom stereocenters. The Morgan fingerprint density at radius 3 is 2.25 bits per heavy atom. The maximum absolute atomic E-state index is 12.3. The zero-order valence-corrected chi connectivity index (χ0v) is 16.0. The fourth-order valence-electron chi connectivity index (χ4n) is 2.57. The molecule has 0 aliphatic carbocycles. The highest BCUT2D eigenvalue weighted by Gasteiger charge is 2.08. The number of carbonyl (C=O) groups excluding carboxylic acids is 1. The molecule has 3 rings (SSSR count). The van der Waals surface area contributed by atoms with E-state index in [-0.39, 0.29) is 18.6 Å². The maximum Gasteiger partial charge on any atom is 0.243 e. The second-order valence-electron chi connectivity index (χ2n) is 6.50. The van der Waals surface area contributed by atoms with Crippen molar-refractivity contribution in [1.82, 2.24) is 0 Å². The molecule has 0 saturated heterocycles. The third-order valence-corrected chi connectivity index (χ3v) is 3.81. The van der Waals surface area contributed by atoms with Crippen molar-refractivity contribution in [3.8, 4) is 17.2 Å². The summed E-state index contributed by atoms with van der Waals surface area (Å²) in [5.41, 5.74) is 1.47. The average Bonchev–Trinajstić information content (AvgIpc) is 2.69. The highest BCUT2D eigenvalue weighted by molar-refractivity contribution is 5.95. The Kier molecular flexibility index (Phi) is 6.52. The van der Waals surface area contributed by atoms with Crippen LogP contribution < -0.4 is 20.1 Å². The molecule has 2 N–H and O–H groups in total. The molecular formula is C23H24N2O3. The first-order chi connectivity index (χ1) is 13.6. The van der Waals surface area contributed by atoms with Gasteiger partial charge < -0.3 is 20.1 Å². The molecule has 3 aromatic rings. The van der Waals surface area contributed by atoms with Gasteiger partial charge >= 0.3 is 0 Å². The van der Waals surface area contributed by atoms with E-state index in [0.29, 0.717) is 17.2 Å². The van der Waals surface area contributed by atoms with Crippen molar-refractivity contribution < 1.29 is 14.3 Å². The van der Waals surface area contributed by atoms with Crippen LogP contribution in [0.2, 0.25) is 0 Å². The quantitative estimate of drug-likeness (QED) is 0.559. The van der Waals surface area contributed by atoms with Gasteiger partial charge in [-0.25, -0.2) is 0 Å². The normalized spacial score (nSPS) is 10.4. The van der Waals surface area contributed by atoms with Crippen LogP contribution in [0.1, 0.15) is 13.8 Å². The van der Waals surface area contributed by atoms with E-state index in [0.717, 1.165) is 11.4 Å². The number of benzene rings is 3. The first kappa shape index (κ1) is 19.3. The lowest BCUT2D eigenvalue weighted by Gasteiger charge is -2.13. The Bertz CT molecular complexity index is 893. The van der Waals surface area contributed by atoms with Gasteiger partial charge in [0.15, 0.2) is 5.75 Å². The maximum atomic E-state index is 12.3. The first-order valence-electron chi connectivity index (χ1n) is 9.22. The summed E-state index contributed by atoms with van der Waals surface area (Å²) in [4.78, 5) is 12.3. The lowest BCUT2D eigenvalue weighted by atomic mass is 10.2. The van der Waals surface area contributed by atoms with E-state index in [9.17, 15) is 4.79 Å². The molecule has 0 aromatic heterocycles. The molecule has 0 aliphatic rings. The molecule has 3 aromatic carbocycles. The van der Waals surface area contributed by atoms with Crippen molar-refractivity contribution >= 4 is 17.3 Å². The van der Waals surface area contributed by atoms with Crippen LogP contribution in [0.15, 0.2) is 78.9 Å². The van der Waals surface area contributed by atoms with Crippen molar-refractivity contribution in [1.29, 1.82) is 0 Å². The number of rotatable bonds is 8. The largest absolute Gasteiger partial charge is 0.491 e. The Labute approximate surface area is 165 Å². The highest BCUT2D eigenvalue weighted by Crippen LogP contribution is 2.29. The van der Waals surface area contributed by atoms with Gasteiger partial charge in [-0.3, -0.25) is 4.79 Å². The average molecular weight is 376 g/mol. The third-order valence-electron chi connectivity index (χ3n) is 3.81. The van der Waals surface area contributed by atoms with E-state index in [4.69, 9.17) is 9.47 Å². The topological polar surface area (TPSA) is 59.6 Å². The van der Waals surface area contributed by atoms with Crippen molar-refractivity contribution in [2.75, 3.05) is 17.2 Å². The van der Waals surface area contributed by atoms with Crippen LogP contribution in [0.4, 0.5) is 11.4 Å². The summed E-state index contributed by atoms with van der Waals surface area (Å²) in [5.74, 6) is 1.95. The summed E-state index contributed by atoms with van der Waals surface area (Å²) in [6, 6.07) is 24.4. The molecule has 5 nitrogen and oxygen atoms in total. The van der Waals surface area contributed by atoms with Gasteiger partial charge in [0.25, 0.3) is 0 Å². The fraction of sp³-hybridized carbons (Fsp3) is 0.174. The predicted octanol–water partition coefficient (Wildman–Crippen LogP) is 5.32. The Hall–Kier alpha value is -3.47. The van der Waals surface area contributed by atoms with Crippen LogP contribution in [0.3, 0.4) is 0 Å². The van der Waals surface area contributed by atoms with Crippen LogP contribution in [0.25, 0.3) is 0 Å². The van der Waals surface area contributed by atoms with Gasteiger partial charge in [0.05, 0.1) is 18.3 Å². The van der Waals surface area contributed by atoms with Gasteiger partial charge in [0, 0.05) is 5.69 Å². The minimum atomic E-state index is -0.161. The first-order valence-corrected chi connectivity index (χ1v) is 9.22. The molecule has 1 amide bonds. The number of para-hydroxylation sites is 3. The van der Waals surface area contributed by atoms with E-state index in [1.54, 1.807) is 0 Å². The fourth-order valence-corrected chi connectivity index (χ4v) is 2.57. The van der Waals surface area contributed by atoms with Crippen LogP contribution >= 0.6 is 0 Å². The summed E-state index contributed by atoms with van der Waals surface area (Å²) in [6.07, 6.45) is 0.128. The molecule has 0 fully saturated rings. The van der Waals surface area contributed by atoms with Gasteiger partial charge in [-0.1, -0.05) is 30.3 Å². The van der Waals surface area contributed by atoms with Gasteiger partial charge in [0.1, 0.15) is 11.5 Å². The number of nitrogens with one attached hydrogen (secondary N) is 2. The monoisotopic (exact) mass is 376 g/mol. The Morgan fingerprint density at radius 2 is 1.54 bits per heavy atom. The molecule has 0 spiro atoms. The van der Waals surface area contributed by atoms with Crippen molar-refractivity contribution in [3.63, 3.8) is 0 Å². The molecule has 0 saturated carbocycles. The lowest BCUT2D eigenvalue weighted by molar-refractivity contribution is -0.114. The second kappa shape index (κ2) is 9.46. The predicted molar refractivity (Wildman–Crippen MR) is 112 cm³/mol. The van der Waals surface area contributed by atoms with E-state index >= 15 is 0 Å². The van der Waals surface area contributed by atoms with E-state index < -0.39 is 0 Å². The van der Waals surface area contributed by atoms with E-state index in [1.165, 1.54) is 0 Å². The van der Waals surface area contributed by atoms with Gasteiger partial charge in [0.2, 0.25) is 5.91 Å². The van der Waals surface area contributed by atoms with Crippen molar-refractivity contribution in [2.24, 2.45) is 0 Å². The van der Waals surface area contributed by atoms with Crippen LogP contribution in [-0.4, -0.2) is 18.6 Å². The Balaban J connectivity index is 1.56. The number of carbonyl (C=O) groups is 1. The summed E-state index contributed by atoms with van der Waals surface area (Å²) in [7, 11) is 0. The number of amides is 1. The van der Waals surface area contributed by atoms with Crippen molar-refractivity contribution in [3.05, 3.63) is 78.9 Å². The molecule has 28 heavy (non-hydrogen) atoms. The van der Waals surface area contributed by atoms with Gasteiger partial charge in [-0.05, 0) is 62.4 Å². The highest BCUT2D eigenvalue weighted by atomic mass is 16.5. The summed E-state index contributed by atoms with van der Waals surface area (Å²) >= 11 is 0. The van der Waals surface area contributed by atoms with E-state index in [1.807, 2.05) is 92.7 Å². The molecule has 0 bridgehead atoms. The zero-order valence-electron chi connectivity index (χ0n) is 16.0.